The normalized spacial score (nSPS) is 17.3. The summed E-state index contributed by atoms with van der Waals surface area (Å²) in [6.07, 6.45) is -6.88. The summed E-state index contributed by atoms with van der Waals surface area (Å²) < 4.78 is 77.4. The summed E-state index contributed by atoms with van der Waals surface area (Å²) >= 11 is -0.498. The Morgan fingerprint density at radius 3 is 2.45 bits per heavy atom. The molecule has 0 saturated carbocycles. The number of aliphatic imine (C=N–C) groups is 1. The lowest BCUT2D eigenvalue weighted by Crippen LogP contribution is -2.32. The third kappa shape index (κ3) is 4.28. The molecule has 2 N–H and O–H groups in total. The summed E-state index contributed by atoms with van der Waals surface area (Å²) in [7, 11) is 0. The van der Waals surface area contributed by atoms with Crippen LogP contribution in [0.25, 0.3) is 0 Å². The van der Waals surface area contributed by atoms with Gasteiger partial charge in [-0.25, -0.2) is 4.39 Å². The van der Waals surface area contributed by atoms with Gasteiger partial charge in [0.1, 0.15) is 5.83 Å². The number of aliphatic carboxylic acids is 1. The SMILES string of the molecule is CC1=C(CC(=O)O)C2=C(C(=O)c3ccc(SC(F)(F)C(F)(F)F)s3)C(O)=C(F)CC2=N1. The van der Waals surface area contributed by atoms with E-state index in [0.29, 0.717) is 11.3 Å². The van der Waals surface area contributed by atoms with E-state index in [2.05, 4.69) is 4.99 Å². The molecule has 13 heteroatoms. The molecule has 0 amide bonds. The largest absolute Gasteiger partial charge is 0.505 e. The second-order valence-electron chi connectivity index (χ2n) is 6.44. The first-order valence-corrected chi connectivity index (χ1v) is 9.96. The molecule has 0 spiro atoms. The molecule has 2 heterocycles. The number of hydrogen-bond acceptors (Lipinski definition) is 6. The first-order valence-electron chi connectivity index (χ1n) is 8.33. The summed E-state index contributed by atoms with van der Waals surface area (Å²) in [5, 5.41) is 14.2. The molecule has 5 nitrogen and oxygen atoms in total. The molecule has 0 fully saturated rings. The molecule has 166 valence electrons. The van der Waals surface area contributed by atoms with Gasteiger partial charge in [0.05, 0.1) is 26.8 Å². The van der Waals surface area contributed by atoms with Crippen molar-refractivity contribution in [3.8, 4) is 0 Å². The van der Waals surface area contributed by atoms with Crippen LogP contribution in [-0.4, -0.2) is 39.1 Å². The Kier molecular flexibility index (Phi) is 5.86. The van der Waals surface area contributed by atoms with E-state index in [1.54, 1.807) is 0 Å². The Morgan fingerprint density at radius 1 is 1.23 bits per heavy atom. The number of alkyl halides is 5. The number of thiophene rings is 1. The fourth-order valence-corrected chi connectivity index (χ4v) is 4.92. The van der Waals surface area contributed by atoms with Gasteiger partial charge in [0.15, 0.2) is 5.76 Å². The summed E-state index contributed by atoms with van der Waals surface area (Å²) in [5.41, 5.74) is -0.405. The predicted molar refractivity (Wildman–Crippen MR) is 100 cm³/mol. The van der Waals surface area contributed by atoms with Crippen molar-refractivity contribution in [2.24, 2.45) is 4.99 Å². The number of ketones is 1. The second kappa shape index (κ2) is 7.86. The zero-order valence-corrected chi connectivity index (χ0v) is 16.9. The smallest absolute Gasteiger partial charge is 0.464 e. The highest BCUT2D eigenvalue weighted by atomic mass is 32.2. The molecule has 0 saturated heterocycles. The van der Waals surface area contributed by atoms with Crippen molar-refractivity contribution in [2.45, 2.75) is 35.4 Å². The van der Waals surface area contributed by atoms with E-state index < -0.39 is 69.2 Å². The molecular weight excluding hydrogens is 472 g/mol. The monoisotopic (exact) mass is 483 g/mol. The van der Waals surface area contributed by atoms with E-state index >= 15 is 0 Å². The van der Waals surface area contributed by atoms with Gasteiger partial charge < -0.3 is 10.2 Å². The summed E-state index contributed by atoms with van der Waals surface area (Å²) in [6, 6.07) is 1.84. The molecule has 1 aromatic rings. The van der Waals surface area contributed by atoms with Gasteiger partial charge in [-0.15, -0.1) is 11.3 Å². The Morgan fingerprint density at radius 2 is 1.87 bits per heavy atom. The van der Waals surface area contributed by atoms with Gasteiger partial charge in [0.2, 0.25) is 5.78 Å². The Labute approximate surface area is 178 Å². The fraction of sp³-hybridized carbons (Fsp3) is 0.278. The van der Waals surface area contributed by atoms with Crippen LogP contribution >= 0.6 is 23.1 Å². The van der Waals surface area contributed by atoms with Gasteiger partial charge in [0.25, 0.3) is 0 Å². The van der Waals surface area contributed by atoms with Gasteiger partial charge in [-0.3, -0.25) is 14.6 Å². The van der Waals surface area contributed by atoms with Crippen molar-refractivity contribution in [1.29, 1.82) is 0 Å². The van der Waals surface area contributed by atoms with E-state index in [1.165, 1.54) is 6.92 Å². The van der Waals surface area contributed by atoms with Crippen molar-refractivity contribution >= 4 is 40.6 Å². The number of fused-ring (bicyclic) bond motifs is 1. The van der Waals surface area contributed by atoms with Crippen LogP contribution in [0.3, 0.4) is 0 Å². The van der Waals surface area contributed by atoms with E-state index in [-0.39, 0.29) is 27.4 Å². The Bertz CT molecular complexity index is 1110. The maximum atomic E-state index is 14.2. The van der Waals surface area contributed by atoms with Crippen LogP contribution < -0.4 is 0 Å². The van der Waals surface area contributed by atoms with Crippen LogP contribution in [0.2, 0.25) is 0 Å². The van der Waals surface area contributed by atoms with Crippen LogP contribution in [0.4, 0.5) is 26.3 Å². The fourth-order valence-electron chi connectivity index (χ4n) is 2.98. The molecule has 1 aliphatic carbocycles. The van der Waals surface area contributed by atoms with Crippen molar-refractivity contribution in [3.05, 3.63) is 51.0 Å². The van der Waals surface area contributed by atoms with Gasteiger partial charge >= 0.3 is 17.4 Å². The first-order chi connectivity index (χ1) is 14.2. The Hall–Kier alpha value is -2.54. The molecule has 1 aromatic heterocycles. The van der Waals surface area contributed by atoms with E-state index in [9.17, 15) is 41.0 Å². The standard InChI is InChI=1S/C18H11F6NO4S2/c1-6-7(4-11(26)27)13-9(25-6)5-8(19)15(28)14(13)16(29)10-2-3-12(30-10)31-18(23,24)17(20,21)22/h2-3,28H,4-5H2,1H3,(H,26,27). The number of thioether (sulfide) groups is 1. The maximum Gasteiger partial charge on any atom is 0.464 e. The van der Waals surface area contributed by atoms with Gasteiger partial charge in [0, 0.05) is 17.7 Å². The number of carbonyl (C=O) groups excluding carboxylic acids is 1. The van der Waals surface area contributed by atoms with Crippen LogP contribution in [0, 0.1) is 0 Å². The number of carboxylic acid groups (broad SMARTS) is 1. The second-order valence-corrected chi connectivity index (χ2v) is 8.94. The average Bonchev–Trinajstić information content (AvgIpc) is 3.19. The molecule has 0 atom stereocenters. The summed E-state index contributed by atoms with van der Waals surface area (Å²) in [4.78, 5) is 27.8. The topological polar surface area (TPSA) is 87.0 Å². The third-order valence-corrected chi connectivity index (χ3v) is 6.52. The molecule has 0 aromatic carbocycles. The lowest BCUT2D eigenvalue weighted by atomic mass is 9.85. The van der Waals surface area contributed by atoms with Crippen LogP contribution in [0.15, 0.2) is 55.3 Å². The first kappa shape index (κ1) is 23.1. The highest BCUT2D eigenvalue weighted by Crippen LogP contribution is 2.49. The van der Waals surface area contributed by atoms with Crippen molar-refractivity contribution < 1.29 is 46.1 Å². The van der Waals surface area contributed by atoms with E-state index in [0.717, 1.165) is 12.1 Å². The number of nitrogens with zero attached hydrogens (tertiary/aromatic N) is 1. The Balaban J connectivity index is 2.03. The molecule has 2 aliphatic rings. The molecule has 0 unspecified atom stereocenters. The number of halogens is 6. The summed E-state index contributed by atoms with van der Waals surface area (Å²) in [6.45, 7) is 1.44. The average molecular weight is 483 g/mol. The number of aliphatic hydroxyl groups excluding tert-OH is 1. The molecule has 31 heavy (non-hydrogen) atoms. The number of allylic oxidation sites excluding steroid dienone is 4. The molecule has 3 rings (SSSR count). The van der Waals surface area contributed by atoms with E-state index in [1.807, 2.05) is 0 Å². The number of rotatable bonds is 6. The quantitative estimate of drug-likeness (QED) is 0.303. The van der Waals surface area contributed by atoms with Gasteiger partial charge in [-0.05, 0) is 36.4 Å². The summed E-state index contributed by atoms with van der Waals surface area (Å²) in [5.74, 6) is -4.49. The van der Waals surface area contributed by atoms with Crippen LogP contribution in [0.5, 0.6) is 0 Å². The maximum absolute atomic E-state index is 14.2. The zero-order valence-electron chi connectivity index (χ0n) is 15.3. The van der Waals surface area contributed by atoms with Crippen molar-refractivity contribution in [2.75, 3.05) is 0 Å². The predicted octanol–water partition coefficient (Wildman–Crippen LogP) is 5.82. The number of Topliss-reactive ketones (excluding diaryl/α,β-unsaturated/α-hetero) is 1. The molecule has 0 bridgehead atoms. The number of aliphatic hydroxyl groups is 1. The molecular formula is C18H11F6NO4S2. The van der Waals surface area contributed by atoms with Gasteiger partial charge in [-0.2, -0.15) is 22.0 Å². The van der Waals surface area contributed by atoms with Crippen molar-refractivity contribution in [3.63, 3.8) is 0 Å². The molecule has 1 aliphatic heterocycles. The zero-order chi connectivity index (χ0) is 23.3. The number of hydrogen-bond donors (Lipinski definition) is 2. The highest BCUT2D eigenvalue weighted by Gasteiger charge is 2.58. The van der Waals surface area contributed by atoms with Crippen LogP contribution in [0.1, 0.15) is 29.4 Å². The number of carbonyl (C=O) groups is 2. The minimum absolute atomic E-state index is 0.0159. The number of carboxylic acids is 1. The third-order valence-electron chi connectivity index (χ3n) is 4.32. The lowest BCUT2D eigenvalue weighted by Gasteiger charge is -2.19. The van der Waals surface area contributed by atoms with Crippen LogP contribution in [-0.2, 0) is 4.79 Å². The van der Waals surface area contributed by atoms with Gasteiger partial charge in [-0.1, -0.05) is 0 Å². The highest BCUT2D eigenvalue weighted by molar-refractivity contribution is 8.02. The minimum atomic E-state index is -5.81. The molecule has 0 radical (unpaired) electrons. The lowest BCUT2D eigenvalue weighted by molar-refractivity contribution is -0.237. The minimum Gasteiger partial charge on any atom is -0.505 e. The van der Waals surface area contributed by atoms with E-state index in [4.69, 9.17) is 5.11 Å². The van der Waals surface area contributed by atoms with Crippen molar-refractivity contribution in [1.82, 2.24) is 0 Å².